The van der Waals surface area contributed by atoms with Crippen LogP contribution in [0.15, 0.2) is 82.2 Å². The Morgan fingerprint density at radius 1 is 1.00 bits per heavy atom. The summed E-state index contributed by atoms with van der Waals surface area (Å²) < 4.78 is 67.2. The van der Waals surface area contributed by atoms with E-state index in [0.29, 0.717) is 11.6 Å². The van der Waals surface area contributed by atoms with Crippen LogP contribution in [0.1, 0.15) is 11.1 Å². The van der Waals surface area contributed by atoms with Crippen LogP contribution in [0.25, 0.3) is 0 Å². The number of sulfonamides is 1. The summed E-state index contributed by atoms with van der Waals surface area (Å²) in [4.78, 5) is 12.7. The van der Waals surface area contributed by atoms with Gasteiger partial charge >= 0.3 is 6.18 Å². The number of hydrogen-bond donors (Lipinski definition) is 1. The topological polar surface area (TPSA) is 66.5 Å². The second-order valence-electron chi connectivity index (χ2n) is 6.95. The van der Waals surface area contributed by atoms with Crippen LogP contribution in [-0.2, 0) is 27.5 Å². The van der Waals surface area contributed by atoms with E-state index in [1.165, 1.54) is 12.1 Å². The highest BCUT2D eigenvalue weighted by molar-refractivity contribution is 9.10. The maximum Gasteiger partial charge on any atom is 0.416 e. The van der Waals surface area contributed by atoms with Gasteiger partial charge in [0.05, 0.1) is 27.7 Å². The molecule has 0 unspecified atom stereocenters. The van der Waals surface area contributed by atoms with Gasteiger partial charge in [-0.25, -0.2) is 8.42 Å². The van der Waals surface area contributed by atoms with Crippen LogP contribution in [0.4, 0.5) is 18.9 Å². The molecular formula is C22H17BrClF3N2O3S. The fourth-order valence-corrected chi connectivity index (χ4v) is 4.74. The Balaban J connectivity index is 1.88. The number of nitrogens with zero attached hydrogens (tertiary/aromatic N) is 1. The highest BCUT2D eigenvalue weighted by atomic mass is 79.9. The smallest absolute Gasteiger partial charge is 0.324 e. The zero-order valence-electron chi connectivity index (χ0n) is 16.8. The zero-order valence-corrected chi connectivity index (χ0v) is 20.0. The number of rotatable bonds is 7. The van der Waals surface area contributed by atoms with Gasteiger partial charge in [0.1, 0.15) is 0 Å². The Bertz CT molecular complexity index is 1240. The van der Waals surface area contributed by atoms with Crippen molar-refractivity contribution in [1.82, 2.24) is 4.31 Å². The highest BCUT2D eigenvalue weighted by Crippen LogP contribution is 2.34. The normalized spacial score (nSPS) is 12.1. The van der Waals surface area contributed by atoms with Crippen molar-refractivity contribution in [3.05, 3.63) is 93.4 Å². The number of amides is 1. The molecule has 0 aromatic heterocycles. The predicted octanol–water partition coefficient (Wildman–Crippen LogP) is 5.95. The van der Waals surface area contributed by atoms with Crippen molar-refractivity contribution in [1.29, 1.82) is 0 Å². The van der Waals surface area contributed by atoms with Gasteiger partial charge in [0, 0.05) is 11.0 Å². The number of alkyl halides is 3. The van der Waals surface area contributed by atoms with Crippen LogP contribution in [0.5, 0.6) is 0 Å². The minimum Gasteiger partial charge on any atom is -0.324 e. The number of carbonyl (C=O) groups is 1. The van der Waals surface area contributed by atoms with E-state index in [-0.39, 0.29) is 22.2 Å². The second kappa shape index (κ2) is 10.3. The van der Waals surface area contributed by atoms with Gasteiger partial charge in [0.25, 0.3) is 0 Å². The van der Waals surface area contributed by atoms with E-state index in [1.807, 2.05) is 0 Å². The molecule has 33 heavy (non-hydrogen) atoms. The lowest BCUT2D eigenvalue weighted by Gasteiger charge is -2.22. The predicted molar refractivity (Wildman–Crippen MR) is 123 cm³/mol. The van der Waals surface area contributed by atoms with Crippen molar-refractivity contribution in [3.8, 4) is 0 Å². The summed E-state index contributed by atoms with van der Waals surface area (Å²) in [5, 5.41) is 2.18. The molecule has 11 heteroatoms. The van der Waals surface area contributed by atoms with Gasteiger partial charge in [0.2, 0.25) is 15.9 Å². The van der Waals surface area contributed by atoms with Crippen molar-refractivity contribution in [2.75, 3.05) is 11.9 Å². The van der Waals surface area contributed by atoms with E-state index in [9.17, 15) is 26.4 Å². The minimum atomic E-state index is -4.63. The molecule has 0 aliphatic rings. The SMILES string of the molecule is O=C(CN(Cc1ccc(Br)cc1)S(=O)(=O)c1ccccc1)Nc1cc(C(F)(F)F)ccc1Cl. The second-order valence-corrected chi connectivity index (χ2v) is 10.2. The van der Waals surface area contributed by atoms with E-state index < -0.39 is 34.2 Å². The molecule has 1 amide bonds. The fourth-order valence-electron chi connectivity index (χ4n) is 2.91. The first kappa shape index (κ1) is 25.2. The van der Waals surface area contributed by atoms with Gasteiger partial charge in [-0.05, 0) is 48.0 Å². The molecule has 1 N–H and O–H groups in total. The van der Waals surface area contributed by atoms with Gasteiger partial charge in [-0.2, -0.15) is 17.5 Å². The number of benzene rings is 3. The molecule has 0 saturated carbocycles. The van der Waals surface area contributed by atoms with E-state index in [4.69, 9.17) is 11.6 Å². The Kier molecular flexibility index (Phi) is 7.84. The fraction of sp³-hybridized carbons (Fsp3) is 0.136. The summed E-state index contributed by atoms with van der Waals surface area (Å²) in [5.74, 6) is -0.840. The van der Waals surface area contributed by atoms with Crippen molar-refractivity contribution < 1.29 is 26.4 Å². The molecule has 0 aliphatic carbocycles. The maximum atomic E-state index is 13.2. The Hall–Kier alpha value is -2.40. The van der Waals surface area contributed by atoms with Crippen LogP contribution in [0.3, 0.4) is 0 Å². The first-order valence-corrected chi connectivity index (χ1v) is 12.0. The van der Waals surface area contributed by atoms with E-state index in [2.05, 4.69) is 21.2 Å². The van der Waals surface area contributed by atoms with Crippen LogP contribution < -0.4 is 5.32 Å². The summed E-state index contributed by atoms with van der Waals surface area (Å²) in [6.45, 7) is -0.770. The first-order chi connectivity index (χ1) is 15.5. The van der Waals surface area contributed by atoms with Crippen molar-refractivity contribution in [2.45, 2.75) is 17.6 Å². The zero-order chi connectivity index (χ0) is 24.2. The van der Waals surface area contributed by atoms with Crippen LogP contribution in [0, 0.1) is 0 Å². The van der Waals surface area contributed by atoms with Crippen molar-refractivity contribution in [3.63, 3.8) is 0 Å². The van der Waals surface area contributed by atoms with Crippen molar-refractivity contribution >= 4 is 49.1 Å². The molecule has 0 aliphatic heterocycles. The van der Waals surface area contributed by atoms with Gasteiger partial charge < -0.3 is 5.32 Å². The number of hydrogen-bond acceptors (Lipinski definition) is 3. The molecule has 0 saturated heterocycles. The molecule has 0 atom stereocenters. The van der Waals surface area contributed by atoms with Gasteiger partial charge in [-0.1, -0.05) is 57.9 Å². The van der Waals surface area contributed by atoms with Crippen LogP contribution in [0.2, 0.25) is 5.02 Å². The lowest BCUT2D eigenvalue weighted by Crippen LogP contribution is -2.37. The van der Waals surface area contributed by atoms with E-state index in [0.717, 1.165) is 20.9 Å². The summed E-state index contributed by atoms with van der Waals surface area (Å²) in [5.41, 5.74) is -0.648. The number of halogens is 5. The Morgan fingerprint density at radius 3 is 2.24 bits per heavy atom. The molecule has 174 valence electrons. The van der Waals surface area contributed by atoms with Crippen LogP contribution >= 0.6 is 27.5 Å². The standard InChI is InChI=1S/C22H17BrClF3N2O3S/c23-17-9-6-15(7-10-17)13-29(33(31,32)18-4-2-1-3-5-18)14-21(30)28-20-12-16(22(25,26)27)8-11-19(20)24/h1-12H,13-14H2,(H,28,30). The molecule has 0 bridgehead atoms. The first-order valence-electron chi connectivity index (χ1n) is 9.43. The molecule has 0 heterocycles. The summed E-state index contributed by atoms with van der Waals surface area (Å²) >= 11 is 9.24. The lowest BCUT2D eigenvalue weighted by molar-refractivity contribution is -0.137. The molecular weight excluding hydrogens is 545 g/mol. The molecule has 5 nitrogen and oxygen atoms in total. The Morgan fingerprint density at radius 2 is 1.64 bits per heavy atom. The minimum absolute atomic E-state index is 0.0213. The quantitative estimate of drug-likeness (QED) is 0.388. The highest BCUT2D eigenvalue weighted by Gasteiger charge is 2.31. The average Bonchev–Trinajstić information content (AvgIpc) is 2.76. The van der Waals surface area contributed by atoms with E-state index in [1.54, 1.807) is 42.5 Å². The van der Waals surface area contributed by atoms with E-state index >= 15 is 0 Å². The summed E-state index contributed by atoms with van der Waals surface area (Å²) in [6, 6.07) is 16.9. The maximum absolute atomic E-state index is 13.2. The number of anilines is 1. The molecule has 3 rings (SSSR count). The third-order valence-corrected chi connectivity index (χ3v) is 7.21. The summed E-state index contributed by atoms with van der Waals surface area (Å²) in [6.07, 6.45) is -4.63. The molecule has 3 aromatic rings. The van der Waals surface area contributed by atoms with Gasteiger partial charge in [0.15, 0.2) is 0 Å². The number of nitrogens with one attached hydrogen (secondary N) is 1. The molecule has 0 fully saturated rings. The van der Waals surface area contributed by atoms with Gasteiger partial charge in [-0.15, -0.1) is 0 Å². The van der Waals surface area contributed by atoms with Crippen LogP contribution in [-0.4, -0.2) is 25.2 Å². The average molecular weight is 562 g/mol. The van der Waals surface area contributed by atoms with Crippen molar-refractivity contribution in [2.24, 2.45) is 0 Å². The monoisotopic (exact) mass is 560 g/mol. The molecule has 3 aromatic carbocycles. The molecule has 0 radical (unpaired) electrons. The lowest BCUT2D eigenvalue weighted by atomic mass is 10.2. The number of carbonyl (C=O) groups excluding carboxylic acids is 1. The van der Waals surface area contributed by atoms with Gasteiger partial charge in [-0.3, -0.25) is 4.79 Å². The Labute approximate surface area is 202 Å². The third kappa shape index (κ3) is 6.57. The largest absolute Gasteiger partial charge is 0.416 e. The molecule has 0 spiro atoms. The summed E-state index contributed by atoms with van der Waals surface area (Å²) in [7, 11) is -4.09. The third-order valence-electron chi connectivity index (χ3n) is 4.54.